The molecule has 0 heterocycles. The Balaban J connectivity index is 0.000000670. The molecule has 2 aromatic carbocycles. The molecule has 1 amide bonds. The molecule has 0 bridgehead atoms. The molecule has 0 saturated carbocycles. The lowest BCUT2D eigenvalue weighted by molar-refractivity contribution is -0.105. The van der Waals surface area contributed by atoms with Gasteiger partial charge in [0.1, 0.15) is 11.5 Å². The van der Waals surface area contributed by atoms with Crippen molar-refractivity contribution in [3.8, 4) is 11.5 Å². The second kappa shape index (κ2) is 20.4. The Morgan fingerprint density at radius 1 is 0.692 bits per heavy atom. The highest BCUT2D eigenvalue weighted by Crippen LogP contribution is 2.38. The van der Waals surface area contributed by atoms with Gasteiger partial charge in [0.25, 0.3) is 0 Å². The predicted molar refractivity (Wildman–Crippen MR) is 170 cm³/mol. The van der Waals surface area contributed by atoms with Crippen LogP contribution >= 0.6 is 0 Å². The Morgan fingerprint density at radius 2 is 1.15 bits per heavy atom. The molecule has 0 aromatic heterocycles. The Bertz CT molecular complexity index is 842. The number of benzene rings is 2. The van der Waals surface area contributed by atoms with E-state index in [9.17, 15) is 9.90 Å². The van der Waals surface area contributed by atoms with E-state index >= 15 is 0 Å². The molecule has 4 nitrogen and oxygen atoms in total. The van der Waals surface area contributed by atoms with E-state index in [-0.39, 0.29) is 10.8 Å². The van der Waals surface area contributed by atoms with Crippen molar-refractivity contribution in [2.24, 2.45) is 0 Å². The third-order valence-electron chi connectivity index (χ3n) is 6.50. The van der Waals surface area contributed by atoms with E-state index in [4.69, 9.17) is 4.74 Å². The Labute approximate surface area is 241 Å². The Hall–Kier alpha value is -2.49. The summed E-state index contributed by atoms with van der Waals surface area (Å²) in [4.78, 5) is 10.3. The van der Waals surface area contributed by atoms with E-state index in [0.717, 1.165) is 35.6 Å². The van der Waals surface area contributed by atoms with E-state index in [1.165, 1.54) is 57.8 Å². The van der Waals surface area contributed by atoms with Gasteiger partial charge in [0.2, 0.25) is 6.41 Å². The molecule has 0 radical (unpaired) electrons. The summed E-state index contributed by atoms with van der Waals surface area (Å²) in [5, 5.41) is 12.9. The smallest absolute Gasteiger partial charge is 0.211 e. The third-order valence-corrected chi connectivity index (χ3v) is 6.50. The number of ether oxygens (including phenoxy) is 1. The lowest BCUT2D eigenvalue weighted by Crippen LogP contribution is -2.16. The maximum absolute atomic E-state index is 10.3. The number of nitrogens with one attached hydrogen (secondary N) is 1. The Morgan fingerprint density at radius 3 is 1.56 bits per heavy atom. The highest BCUT2D eigenvalue weighted by Gasteiger charge is 2.24. The number of hydrogen-bond acceptors (Lipinski definition) is 3. The van der Waals surface area contributed by atoms with E-state index < -0.39 is 0 Å². The van der Waals surface area contributed by atoms with Crippen LogP contribution < -0.4 is 10.1 Å². The standard InChI is InChI=1S/C17H27NO2.C14H22O.C4H10/c1-2-3-4-5-6-7-8-9-14-20-17-12-10-16(11-13-17)18-15-19;1-13(2,3)10-8-7-9-11(12(10)15)14(4,5)6;1-3-4-2/h10-13,15H,2-9,14H2,1H3,(H,18,19);7-9,15H,1-6H3;3-4H2,1-2H3. The normalized spacial score (nSPS) is 11.0. The molecule has 0 unspecified atom stereocenters. The van der Waals surface area contributed by atoms with Crippen molar-refractivity contribution in [3.63, 3.8) is 0 Å². The van der Waals surface area contributed by atoms with Gasteiger partial charge < -0.3 is 15.2 Å². The molecule has 0 saturated heterocycles. The first kappa shape index (κ1) is 36.5. The van der Waals surface area contributed by atoms with E-state index in [1.54, 1.807) is 0 Å². The van der Waals surface area contributed by atoms with Gasteiger partial charge in [-0.1, -0.05) is 138 Å². The van der Waals surface area contributed by atoms with Gasteiger partial charge in [0.15, 0.2) is 0 Å². The van der Waals surface area contributed by atoms with Gasteiger partial charge >= 0.3 is 0 Å². The van der Waals surface area contributed by atoms with Crippen LogP contribution in [0.1, 0.15) is 138 Å². The number of amides is 1. The molecule has 4 heteroatoms. The average molecular weight is 542 g/mol. The molecule has 0 atom stereocenters. The van der Waals surface area contributed by atoms with Crippen molar-refractivity contribution in [1.82, 2.24) is 0 Å². The number of anilines is 1. The predicted octanol–water partition coefficient (Wildman–Crippen LogP) is 10.6. The number of aromatic hydroxyl groups is 1. The summed E-state index contributed by atoms with van der Waals surface area (Å²) in [6.45, 7) is 20.1. The van der Waals surface area contributed by atoms with Crippen molar-refractivity contribution in [3.05, 3.63) is 53.6 Å². The quantitative estimate of drug-likeness (QED) is 0.196. The molecule has 222 valence electrons. The molecular formula is C35H59NO3. The zero-order valence-electron chi connectivity index (χ0n) is 26.7. The number of phenols is 1. The fourth-order valence-corrected chi connectivity index (χ4v) is 3.90. The summed E-state index contributed by atoms with van der Waals surface area (Å²) in [5.74, 6) is 1.32. The van der Waals surface area contributed by atoms with Crippen LogP contribution in [0.25, 0.3) is 0 Å². The first-order valence-electron chi connectivity index (χ1n) is 15.2. The lowest BCUT2D eigenvalue weighted by atomic mass is 9.80. The molecular weight excluding hydrogens is 482 g/mol. The van der Waals surface area contributed by atoms with Crippen LogP contribution in [0.2, 0.25) is 0 Å². The van der Waals surface area contributed by atoms with E-state index in [2.05, 4.69) is 67.6 Å². The van der Waals surface area contributed by atoms with Crippen molar-refractivity contribution < 1.29 is 14.6 Å². The summed E-state index contributed by atoms with van der Waals surface area (Å²) in [6.07, 6.45) is 13.8. The summed E-state index contributed by atoms with van der Waals surface area (Å²) in [7, 11) is 0. The minimum absolute atomic E-state index is 0.00859. The number of carbonyl (C=O) groups excluding carboxylic acids is 1. The molecule has 2 aromatic rings. The van der Waals surface area contributed by atoms with Crippen molar-refractivity contribution in [2.75, 3.05) is 11.9 Å². The van der Waals surface area contributed by atoms with Crippen LogP contribution in [0.3, 0.4) is 0 Å². The van der Waals surface area contributed by atoms with E-state index in [0.29, 0.717) is 12.2 Å². The largest absolute Gasteiger partial charge is 0.507 e. The summed E-state index contributed by atoms with van der Waals surface area (Å²) in [6, 6.07) is 13.5. The zero-order valence-corrected chi connectivity index (χ0v) is 26.7. The van der Waals surface area contributed by atoms with Crippen LogP contribution in [0.4, 0.5) is 5.69 Å². The summed E-state index contributed by atoms with van der Waals surface area (Å²) in [5.41, 5.74) is 2.82. The van der Waals surface area contributed by atoms with Crippen LogP contribution in [0.15, 0.2) is 42.5 Å². The number of hydrogen-bond donors (Lipinski definition) is 2. The fraction of sp³-hybridized carbons (Fsp3) is 0.629. The monoisotopic (exact) mass is 541 g/mol. The molecule has 39 heavy (non-hydrogen) atoms. The first-order chi connectivity index (χ1) is 18.4. The second-order valence-corrected chi connectivity index (χ2v) is 12.3. The van der Waals surface area contributed by atoms with Gasteiger partial charge in [-0.05, 0) is 52.6 Å². The van der Waals surface area contributed by atoms with Gasteiger partial charge in [-0.3, -0.25) is 4.79 Å². The number of phenolic OH excluding ortho intramolecular Hbond substituents is 1. The number of carbonyl (C=O) groups is 1. The van der Waals surface area contributed by atoms with Crippen LogP contribution in [-0.4, -0.2) is 18.1 Å². The highest BCUT2D eigenvalue weighted by atomic mass is 16.5. The lowest BCUT2D eigenvalue weighted by Gasteiger charge is -2.26. The Kier molecular flexibility index (Phi) is 19.1. The SMILES string of the molecule is CC(C)(C)c1cccc(C(C)(C)C)c1O.CCCC.CCCCCCCCCCOc1ccc(NC=O)cc1. The topological polar surface area (TPSA) is 58.6 Å². The summed E-state index contributed by atoms with van der Waals surface area (Å²) < 4.78 is 5.67. The number of rotatable bonds is 13. The van der Waals surface area contributed by atoms with Crippen molar-refractivity contribution in [2.45, 2.75) is 137 Å². The van der Waals surface area contributed by atoms with Crippen LogP contribution in [0.5, 0.6) is 11.5 Å². The highest BCUT2D eigenvalue weighted by molar-refractivity contribution is 5.71. The second-order valence-electron chi connectivity index (χ2n) is 12.3. The minimum Gasteiger partial charge on any atom is -0.507 e. The molecule has 0 aliphatic rings. The fourth-order valence-electron chi connectivity index (χ4n) is 3.90. The van der Waals surface area contributed by atoms with Crippen molar-refractivity contribution in [1.29, 1.82) is 0 Å². The molecule has 0 aliphatic carbocycles. The van der Waals surface area contributed by atoms with Gasteiger partial charge in [-0.2, -0.15) is 0 Å². The molecule has 0 spiro atoms. The molecule has 0 aliphatic heterocycles. The molecule has 2 rings (SSSR count). The summed E-state index contributed by atoms with van der Waals surface area (Å²) >= 11 is 0. The average Bonchev–Trinajstić information content (AvgIpc) is 2.88. The zero-order chi connectivity index (χ0) is 29.7. The van der Waals surface area contributed by atoms with Gasteiger partial charge in [0.05, 0.1) is 6.61 Å². The first-order valence-corrected chi connectivity index (χ1v) is 15.2. The van der Waals surface area contributed by atoms with Crippen LogP contribution in [0, 0.1) is 0 Å². The molecule has 2 N–H and O–H groups in total. The van der Waals surface area contributed by atoms with E-state index in [1.807, 2.05) is 42.5 Å². The number of para-hydroxylation sites is 1. The van der Waals surface area contributed by atoms with Gasteiger partial charge in [0, 0.05) is 5.69 Å². The van der Waals surface area contributed by atoms with Gasteiger partial charge in [-0.15, -0.1) is 0 Å². The molecule has 0 fully saturated rings. The van der Waals surface area contributed by atoms with Crippen molar-refractivity contribution >= 4 is 12.1 Å². The number of unbranched alkanes of at least 4 members (excludes halogenated alkanes) is 8. The van der Waals surface area contributed by atoms with Gasteiger partial charge in [-0.25, -0.2) is 0 Å². The third kappa shape index (κ3) is 16.9. The maximum Gasteiger partial charge on any atom is 0.211 e. The van der Waals surface area contributed by atoms with Crippen LogP contribution in [-0.2, 0) is 15.6 Å². The maximum atomic E-state index is 10.3. The minimum atomic E-state index is -0.00859.